The first-order valence-corrected chi connectivity index (χ1v) is 5.15. The lowest BCUT2D eigenvalue weighted by molar-refractivity contribution is 0.370. The SMILES string of the molecule is CCC(C)(CN)c1ccc(O)c(OC)c1. The average Bonchev–Trinajstić information content (AvgIpc) is 2.28. The van der Waals surface area contributed by atoms with Crippen molar-refractivity contribution in [1.29, 1.82) is 0 Å². The summed E-state index contributed by atoms with van der Waals surface area (Å²) in [6, 6.07) is 5.40. The lowest BCUT2D eigenvalue weighted by Gasteiger charge is -2.27. The van der Waals surface area contributed by atoms with Gasteiger partial charge < -0.3 is 15.6 Å². The maximum atomic E-state index is 9.49. The molecule has 0 amide bonds. The van der Waals surface area contributed by atoms with Crippen LogP contribution in [0.3, 0.4) is 0 Å². The van der Waals surface area contributed by atoms with Gasteiger partial charge in [-0.15, -0.1) is 0 Å². The van der Waals surface area contributed by atoms with E-state index in [1.54, 1.807) is 13.2 Å². The Labute approximate surface area is 90.9 Å². The number of phenols is 1. The summed E-state index contributed by atoms with van der Waals surface area (Å²) in [5.41, 5.74) is 6.82. The Morgan fingerprint density at radius 1 is 1.47 bits per heavy atom. The fraction of sp³-hybridized carbons (Fsp3) is 0.500. The van der Waals surface area contributed by atoms with Gasteiger partial charge in [-0.05, 0) is 24.1 Å². The highest BCUT2D eigenvalue weighted by Gasteiger charge is 2.23. The summed E-state index contributed by atoms with van der Waals surface area (Å²) in [5.74, 6) is 0.664. The number of hydrogen-bond acceptors (Lipinski definition) is 3. The summed E-state index contributed by atoms with van der Waals surface area (Å²) in [6.45, 7) is 4.79. The van der Waals surface area contributed by atoms with Gasteiger partial charge in [0.2, 0.25) is 0 Å². The Morgan fingerprint density at radius 2 is 2.13 bits per heavy atom. The molecule has 0 aliphatic heterocycles. The van der Waals surface area contributed by atoms with Gasteiger partial charge in [0.05, 0.1) is 7.11 Å². The molecule has 0 aromatic heterocycles. The smallest absolute Gasteiger partial charge is 0.160 e. The molecule has 0 saturated carbocycles. The van der Waals surface area contributed by atoms with Gasteiger partial charge in [0, 0.05) is 12.0 Å². The molecule has 0 saturated heterocycles. The third kappa shape index (κ3) is 2.23. The normalized spacial score (nSPS) is 14.7. The van der Waals surface area contributed by atoms with Crippen LogP contribution in [-0.2, 0) is 5.41 Å². The number of methoxy groups -OCH3 is 1. The van der Waals surface area contributed by atoms with Crippen LogP contribution in [0.25, 0.3) is 0 Å². The van der Waals surface area contributed by atoms with E-state index in [1.807, 2.05) is 12.1 Å². The maximum Gasteiger partial charge on any atom is 0.160 e. The van der Waals surface area contributed by atoms with E-state index < -0.39 is 0 Å². The van der Waals surface area contributed by atoms with Gasteiger partial charge >= 0.3 is 0 Å². The monoisotopic (exact) mass is 209 g/mol. The summed E-state index contributed by atoms with van der Waals surface area (Å²) in [4.78, 5) is 0. The molecule has 0 bridgehead atoms. The fourth-order valence-electron chi connectivity index (χ4n) is 1.52. The molecule has 0 fully saturated rings. The van der Waals surface area contributed by atoms with Crippen LogP contribution in [0.15, 0.2) is 18.2 Å². The number of aromatic hydroxyl groups is 1. The van der Waals surface area contributed by atoms with Crippen LogP contribution in [0.2, 0.25) is 0 Å². The van der Waals surface area contributed by atoms with Gasteiger partial charge in [-0.1, -0.05) is 19.9 Å². The predicted octanol–water partition coefficient (Wildman–Crippen LogP) is 2.03. The molecular formula is C12H19NO2. The van der Waals surface area contributed by atoms with E-state index in [2.05, 4.69) is 13.8 Å². The average molecular weight is 209 g/mol. The topological polar surface area (TPSA) is 55.5 Å². The molecule has 0 aliphatic rings. The molecule has 1 aromatic carbocycles. The molecule has 1 atom stereocenters. The quantitative estimate of drug-likeness (QED) is 0.797. The van der Waals surface area contributed by atoms with Crippen molar-refractivity contribution in [3.8, 4) is 11.5 Å². The summed E-state index contributed by atoms with van der Waals surface area (Å²) < 4.78 is 5.08. The van der Waals surface area contributed by atoms with Gasteiger partial charge in [-0.25, -0.2) is 0 Å². The van der Waals surface area contributed by atoms with Crippen LogP contribution in [0.1, 0.15) is 25.8 Å². The summed E-state index contributed by atoms with van der Waals surface area (Å²) >= 11 is 0. The second-order valence-electron chi connectivity index (χ2n) is 4.00. The minimum absolute atomic E-state index is 0.0546. The lowest BCUT2D eigenvalue weighted by Crippen LogP contribution is -2.30. The van der Waals surface area contributed by atoms with Crippen LogP contribution in [0, 0.1) is 0 Å². The van der Waals surface area contributed by atoms with Crippen molar-refractivity contribution in [2.75, 3.05) is 13.7 Å². The zero-order valence-corrected chi connectivity index (χ0v) is 9.58. The van der Waals surface area contributed by atoms with Gasteiger partial charge in [0.1, 0.15) is 0 Å². The van der Waals surface area contributed by atoms with E-state index in [-0.39, 0.29) is 11.2 Å². The van der Waals surface area contributed by atoms with Crippen molar-refractivity contribution in [3.05, 3.63) is 23.8 Å². The van der Waals surface area contributed by atoms with Gasteiger partial charge in [0.25, 0.3) is 0 Å². The Bertz CT molecular complexity index is 332. The van der Waals surface area contributed by atoms with Crippen molar-refractivity contribution < 1.29 is 9.84 Å². The third-order valence-electron chi connectivity index (χ3n) is 3.11. The maximum absolute atomic E-state index is 9.49. The minimum Gasteiger partial charge on any atom is -0.504 e. The van der Waals surface area contributed by atoms with Crippen LogP contribution < -0.4 is 10.5 Å². The Kier molecular flexibility index (Phi) is 3.58. The highest BCUT2D eigenvalue weighted by atomic mass is 16.5. The second-order valence-corrected chi connectivity index (χ2v) is 4.00. The van der Waals surface area contributed by atoms with Crippen molar-refractivity contribution >= 4 is 0 Å². The highest BCUT2D eigenvalue weighted by Crippen LogP contribution is 2.33. The second kappa shape index (κ2) is 4.53. The van der Waals surface area contributed by atoms with Crippen LogP contribution in [0.5, 0.6) is 11.5 Å². The zero-order valence-electron chi connectivity index (χ0n) is 9.58. The number of hydrogen-bond donors (Lipinski definition) is 2. The molecule has 0 heterocycles. The molecule has 3 N–H and O–H groups in total. The number of phenolic OH excluding ortho intramolecular Hbond substituents is 1. The molecule has 3 nitrogen and oxygen atoms in total. The van der Waals surface area contributed by atoms with Crippen molar-refractivity contribution in [3.63, 3.8) is 0 Å². The van der Waals surface area contributed by atoms with E-state index in [0.29, 0.717) is 12.3 Å². The highest BCUT2D eigenvalue weighted by molar-refractivity contribution is 5.44. The first kappa shape index (κ1) is 11.9. The molecule has 0 spiro atoms. The van der Waals surface area contributed by atoms with Crippen molar-refractivity contribution in [2.45, 2.75) is 25.7 Å². The van der Waals surface area contributed by atoms with E-state index in [4.69, 9.17) is 10.5 Å². The molecule has 0 radical (unpaired) electrons. The van der Waals surface area contributed by atoms with Crippen LogP contribution in [-0.4, -0.2) is 18.8 Å². The standard InChI is InChI=1S/C12H19NO2/c1-4-12(2,8-13)9-5-6-10(14)11(7-9)15-3/h5-7,14H,4,8,13H2,1-3H3. The molecule has 15 heavy (non-hydrogen) atoms. The van der Waals surface area contributed by atoms with E-state index in [9.17, 15) is 5.11 Å². The summed E-state index contributed by atoms with van der Waals surface area (Å²) in [5, 5.41) is 9.49. The largest absolute Gasteiger partial charge is 0.504 e. The summed E-state index contributed by atoms with van der Waals surface area (Å²) in [7, 11) is 1.55. The van der Waals surface area contributed by atoms with Crippen molar-refractivity contribution in [1.82, 2.24) is 0 Å². The van der Waals surface area contributed by atoms with Crippen molar-refractivity contribution in [2.24, 2.45) is 5.73 Å². The predicted molar refractivity (Wildman–Crippen MR) is 61.4 cm³/mol. The fourth-order valence-corrected chi connectivity index (χ4v) is 1.52. The first-order valence-electron chi connectivity index (χ1n) is 5.15. The third-order valence-corrected chi connectivity index (χ3v) is 3.11. The van der Waals surface area contributed by atoms with E-state index >= 15 is 0 Å². The number of benzene rings is 1. The van der Waals surface area contributed by atoms with E-state index in [0.717, 1.165) is 12.0 Å². The first-order chi connectivity index (χ1) is 7.07. The Morgan fingerprint density at radius 3 is 2.60 bits per heavy atom. The summed E-state index contributed by atoms with van der Waals surface area (Å²) in [6.07, 6.45) is 0.956. The molecule has 1 aromatic rings. The van der Waals surface area contributed by atoms with Crippen LogP contribution >= 0.6 is 0 Å². The minimum atomic E-state index is -0.0546. The Hall–Kier alpha value is -1.22. The van der Waals surface area contributed by atoms with E-state index in [1.165, 1.54) is 0 Å². The lowest BCUT2D eigenvalue weighted by atomic mass is 9.80. The molecule has 0 aliphatic carbocycles. The van der Waals surface area contributed by atoms with Gasteiger partial charge in [-0.2, -0.15) is 0 Å². The number of ether oxygens (including phenoxy) is 1. The molecule has 1 unspecified atom stereocenters. The molecule has 1 rings (SSSR count). The Balaban J connectivity index is 3.15. The molecule has 3 heteroatoms. The molecular weight excluding hydrogens is 190 g/mol. The van der Waals surface area contributed by atoms with Gasteiger partial charge in [0.15, 0.2) is 11.5 Å². The zero-order chi connectivity index (χ0) is 11.5. The van der Waals surface area contributed by atoms with Gasteiger partial charge in [-0.3, -0.25) is 0 Å². The molecule has 84 valence electrons. The van der Waals surface area contributed by atoms with Crippen LogP contribution in [0.4, 0.5) is 0 Å². The number of nitrogens with two attached hydrogens (primary N) is 1. The number of rotatable bonds is 4.